The summed E-state index contributed by atoms with van der Waals surface area (Å²) in [6.45, 7) is 2.55. The smallest absolute Gasteiger partial charge is 0.322 e. The summed E-state index contributed by atoms with van der Waals surface area (Å²) >= 11 is 5.94. The molecule has 0 saturated carbocycles. The molecule has 0 aliphatic carbocycles. The molecule has 0 bridgehead atoms. The third-order valence-electron chi connectivity index (χ3n) is 3.65. The number of nitrogens with zero attached hydrogens (tertiary/aromatic N) is 2. The topological polar surface area (TPSA) is 61.9 Å². The lowest BCUT2D eigenvalue weighted by Gasteiger charge is -2.28. The van der Waals surface area contributed by atoms with Gasteiger partial charge < -0.3 is 15.0 Å². The summed E-state index contributed by atoms with van der Waals surface area (Å²) < 4.78 is 5.23. The van der Waals surface area contributed by atoms with E-state index in [0.717, 1.165) is 0 Å². The van der Waals surface area contributed by atoms with Gasteiger partial charge in [0.1, 0.15) is 6.04 Å². The predicted molar refractivity (Wildman–Crippen MR) is 78.5 cm³/mol. The van der Waals surface area contributed by atoms with Gasteiger partial charge in [0.05, 0.1) is 19.8 Å². The second-order valence-electron chi connectivity index (χ2n) is 5.03. The molecule has 0 spiro atoms. The van der Waals surface area contributed by atoms with Crippen molar-refractivity contribution in [3.8, 4) is 0 Å². The Kier molecular flexibility index (Phi) is 3.98. The van der Waals surface area contributed by atoms with Crippen LogP contribution in [0.2, 0.25) is 5.02 Å². The molecule has 0 aromatic heterocycles. The quantitative estimate of drug-likeness (QED) is 0.890. The number of carbonyl (C=O) groups excluding carboxylic acids is 2. The van der Waals surface area contributed by atoms with Gasteiger partial charge in [-0.15, -0.1) is 0 Å². The van der Waals surface area contributed by atoms with Crippen molar-refractivity contribution in [1.29, 1.82) is 0 Å². The van der Waals surface area contributed by atoms with Crippen LogP contribution in [-0.4, -0.2) is 55.7 Å². The molecule has 2 saturated heterocycles. The number of nitrogens with one attached hydrogen (secondary N) is 1. The normalized spacial score (nSPS) is 22.3. The Morgan fingerprint density at radius 2 is 2.10 bits per heavy atom. The van der Waals surface area contributed by atoms with Crippen LogP contribution in [-0.2, 0) is 9.53 Å². The van der Waals surface area contributed by atoms with Crippen LogP contribution in [0.5, 0.6) is 0 Å². The molecule has 3 amide bonds. The zero-order valence-electron chi connectivity index (χ0n) is 11.4. The van der Waals surface area contributed by atoms with Crippen molar-refractivity contribution < 1.29 is 14.3 Å². The van der Waals surface area contributed by atoms with E-state index in [0.29, 0.717) is 43.6 Å². The molecule has 2 aliphatic heterocycles. The Balaban J connectivity index is 1.70. The van der Waals surface area contributed by atoms with Gasteiger partial charge in [-0.05, 0) is 18.2 Å². The Morgan fingerprint density at radius 3 is 2.81 bits per heavy atom. The number of hydrogen-bond donors (Lipinski definition) is 1. The van der Waals surface area contributed by atoms with E-state index in [1.54, 1.807) is 29.2 Å². The number of halogens is 1. The van der Waals surface area contributed by atoms with E-state index in [-0.39, 0.29) is 11.9 Å². The lowest BCUT2D eigenvalue weighted by atomic mass is 10.2. The van der Waals surface area contributed by atoms with Crippen molar-refractivity contribution >= 4 is 29.2 Å². The van der Waals surface area contributed by atoms with E-state index in [1.165, 1.54) is 4.90 Å². The molecule has 1 aromatic carbocycles. The lowest BCUT2D eigenvalue weighted by molar-refractivity contribution is -0.136. The summed E-state index contributed by atoms with van der Waals surface area (Å²) in [5.74, 6) is -0.0591. The standard InChI is InChI=1S/C14H16ClN3O3/c15-10-2-1-3-11(8-10)18-9-12(16-14(18)20)13(19)17-4-6-21-7-5-17/h1-3,8,12H,4-7,9H2,(H,16,20). The minimum atomic E-state index is -0.519. The Morgan fingerprint density at radius 1 is 1.33 bits per heavy atom. The molecule has 2 fully saturated rings. The molecule has 1 unspecified atom stereocenters. The first-order valence-electron chi connectivity index (χ1n) is 6.85. The number of morpholine rings is 1. The van der Waals surface area contributed by atoms with Gasteiger partial charge in [0.25, 0.3) is 0 Å². The summed E-state index contributed by atoms with van der Waals surface area (Å²) in [6.07, 6.45) is 0. The minimum absolute atomic E-state index is 0.0591. The summed E-state index contributed by atoms with van der Waals surface area (Å²) in [6, 6.07) is 6.24. The highest BCUT2D eigenvalue weighted by atomic mass is 35.5. The van der Waals surface area contributed by atoms with E-state index in [4.69, 9.17) is 16.3 Å². The number of carbonyl (C=O) groups is 2. The summed E-state index contributed by atoms with van der Waals surface area (Å²) in [5.41, 5.74) is 0.692. The van der Waals surface area contributed by atoms with E-state index in [1.807, 2.05) is 0 Å². The number of amides is 3. The molecular formula is C14H16ClN3O3. The van der Waals surface area contributed by atoms with Crippen LogP contribution in [0.1, 0.15) is 0 Å². The molecule has 6 nitrogen and oxygen atoms in total. The first kappa shape index (κ1) is 14.2. The van der Waals surface area contributed by atoms with Crippen LogP contribution >= 0.6 is 11.6 Å². The van der Waals surface area contributed by atoms with Gasteiger partial charge in [0.2, 0.25) is 5.91 Å². The van der Waals surface area contributed by atoms with Gasteiger partial charge in [-0.1, -0.05) is 17.7 Å². The van der Waals surface area contributed by atoms with Crippen molar-refractivity contribution in [3.63, 3.8) is 0 Å². The molecule has 1 aromatic rings. The average Bonchev–Trinajstić information content (AvgIpc) is 2.89. The van der Waals surface area contributed by atoms with Crippen LogP contribution in [0.4, 0.5) is 10.5 Å². The highest BCUT2D eigenvalue weighted by Gasteiger charge is 2.36. The predicted octanol–water partition coefficient (Wildman–Crippen LogP) is 1.10. The number of ether oxygens (including phenoxy) is 1. The van der Waals surface area contributed by atoms with Gasteiger partial charge in [0, 0.05) is 23.8 Å². The Bertz CT molecular complexity index is 560. The third-order valence-corrected chi connectivity index (χ3v) is 3.88. The van der Waals surface area contributed by atoms with E-state index >= 15 is 0 Å². The molecule has 2 aliphatic rings. The van der Waals surface area contributed by atoms with E-state index in [2.05, 4.69) is 5.32 Å². The summed E-state index contributed by atoms with van der Waals surface area (Å²) in [5, 5.41) is 3.29. The lowest BCUT2D eigenvalue weighted by Crippen LogP contribution is -2.49. The molecule has 2 heterocycles. The van der Waals surface area contributed by atoms with Crippen molar-refractivity contribution in [3.05, 3.63) is 29.3 Å². The maximum atomic E-state index is 12.4. The number of rotatable bonds is 2. The summed E-state index contributed by atoms with van der Waals surface area (Å²) in [4.78, 5) is 27.7. The first-order chi connectivity index (χ1) is 10.1. The van der Waals surface area contributed by atoms with Gasteiger partial charge in [0.15, 0.2) is 0 Å². The third kappa shape index (κ3) is 2.96. The van der Waals surface area contributed by atoms with Gasteiger partial charge in [-0.2, -0.15) is 0 Å². The number of anilines is 1. The summed E-state index contributed by atoms with van der Waals surface area (Å²) in [7, 11) is 0. The minimum Gasteiger partial charge on any atom is -0.378 e. The zero-order chi connectivity index (χ0) is 14.8. The molecule has 21 heavy (non-hydrogen) atoms. The van der Waals surface area contributed by atoms with E-state index < -0.39 is 6.04 Å². The average molecular weight is 310 g/mol. The highest BCUT2D eigenvalue weighted by Crippen LogP contribution is 2.22. The SMILES string of the molecule is O=C(C1CN(c2cccc(Cl)c2)C(=O)N1)N1CCOCC1. The number of urea groups is 1. The van der Waals surface area contributed by atoms with Crippen molar-refractivity contribution in [2.24, 2.45) is 0 Å². The van der Waals surface area contributed by atoms with Crippen LogP contribution in [0.25, 0.3) is 0 Å². The van der Waals surface area contributed by atoms with E-state index in [9.17, 15) is 9.59 Å². The number of benzene rings is 1. The highest BCUT2D eigenvalue weighted by molar-refractivity contribution is 6.30. The fourth-order valence-electron chi connectivity index (χ4n) is 2.55. The van der Waals surface area contributed by atoms with Crippen LogP contribution in [0.3, 0.4) is 0 Å². The van der Waals surface area contributed by atoms with Crippen LogP contribution < -0.4 is 10.2 Å². The maximum absolute atomic E-state index is 12.4. The Hall–Kier alpha value is -1.79. The monoisotopic (exact) mass is 309 g/mol. The second kappa shape index (κ2) is 5.91. The largest absolute Gasteiger partial charge is 0.378 e. The molecule has 7 heteroatoms. The van der Waals surface area contributed by atoms with Gasteiger partial charge >= 0.3 is 6.03 Å². The molecule has 1 atom stereocenters. The molecule has 112 valence electrons. The van der Waals surface area contributed by atoms with Gasteiger partial charge in [-0.3, -0.25) is 9.69 Å². The van der Waals surface area contributed by atoms with Crippen molar-refractivity contribution in [2.45, 2.75) is 6.04 Å². The fourth-order valence-corrected chi connectivity index (χ4v) is 2.73. The molecule has 0 radical (unpaired) electrons. The zero-order valence-corrected chi connectivity index (χ0v) is 12.2. The molecule has 1 N–H and O–H groups in total. The van der Waals surface area contributed by atoms with Crippen LogP contribution in [0, 0.1) is 0 Å². The van der Waals surface area contributed by atoms with Gasteiger partial charge in [-0.25, -0.2) is 4.79 Å². The number of hydrogen-bond acceptors (Lipinski definition) is 3. The Labute approximate surface area is 127 Å². The van der Waals surface area contributed by atoms with Crippen molar-refractivity contribution in [1.82, 2.24) is 10.2 Å². The maximum Gasteiger partial charge on any atom is 0.322 e. The second-order valence-corrected chi connectivity index (χ2v) is 5.47. The fraction of sp³-hybridized carbons (Fsp3) is 0.429. The first-order valence-corrected chi connectivity index (χ1v) is 7.23. The van der Waals surface area contributed by atoms with Crippen LogP contribution in [0.15, 0.2) is 24.3 Å². The molecular weight excluding hydrogens is 294 g/mol. The molecule has 3 rings (SSSR count). The van der Waals surface area contributed by atoms with Crippen molar-refractivity contribution in [2.75, 3.05) is 37.7 Å².